The van der Waals surface area contributed by atoms with Crippen LogP contribution in [-0.4, -0.2) is 9.55 Å². The highest BCUT2D eigenvalue weighted by Gasteiger charge is 2.14. The Balaban J connectivity index is 2.47. The van der Waals surface area contributed by atoms with E-state index in [4.69, 9.17) is 0 Å². The van der Waals surface area contributed by atoms with Gasteiger partial charge in [0.2, 0.25) is 0 Å². The van der Waals surface area contributed by atoms with E-state index >= 15 is 0 Å². The first-order chi connectivity index (χ1) is 6.36. The molecule has 0 unspecified atom stereocenters. The van der Waals surface area contributed by atoms with Gasteiger partial charge in [-0.3, -0.25) is 0 Å². The number of fused-ring (bicyclic) bond motifs is 3. The number of benzene rings is 1. The Morgan fingerprint density at radius 2 is 2.15 bits per heavy atom. The van der Waals surface area contributed by atoms with E-state index in [0.29, 0.717) is 0 Å². The van der Waals surface area contributed by atoms with Crippen LogP contribution in [0.5, 0.6) is 0 Å². The fraction of sp³-hybridized carbons (Fsp3) is 0.182. The maximum absolute atomic E-state index is 4.55. The Labute approximate surface area is 76.5 Å². The van der Waals surface area contributed by atoms with Crippen molar-refractivity contribution in [3.63, 3.8) is 0 Å². The summed E-state index contributed by atoms with van der Waals surface area (Å²) in [4.78, 5) is 4.55. The number of rotatable bonds is 0. The van der Waals surface area contributed by atoms with Gasteiger partial charge >= 0.3 is 0 Å². The van der Waals surface area contributed by atoms with E-state index in [1.165, 1.54) is 17.0 Å². The molecule has 0 radical (unpaired) electrons. The van der Waals surface area contributed by atoms with E-state index in [2.05, 4.69) is 40.7 Å². The largest absolute Gasteiger partial charge is 0.300 e. The highest BCUT2D eigenvalue weighted by Crippen LogP contribution is 2.25. The second-order valence-electron chi connectivity index (χ2n) is 3.40. The molecule has 0 spiro atoms. The van der Waals surface area contributed by atoms with Crippen LogP contribution in [0.4, 0.5) is 0 Å². The minimum absolute atomic E-state index is 0.973. The molecule has 0 bridgehead atoms. The van der Waals surface area contributed by atoms with Gasteiger partial charge in [0.15, 0.2) is 0 Å². The predicted molar refractivity (Wildman–Crippen MR) is 53.4 cm³/mol. The lowest BCUT2D eigenvalue weighted by atomic mass is 10.3. The molecule has 2 heterocycles. The van der Waals surface area contributed by atoms with Gasteiger partial charge in [0, 0.05) is 12.1 Å². The number of hydrogen-bond acceptors (Lipinski definition) is 1. The zero-order valence-corrected chi connectivity index (χ0v) is 7.49. The van der Waals surface area contributed by atoms with Gasteiger partial charge in [-0.1, -0.05) is 18.2 Å². The predicted octanol–water partition coefficient (Wildman–Crippen LogP) is 2.45. The Hall–Kier alpha value is -1.57. The molecule has 1 aromatic carbocycles. The molecule has 1 aliphatic rings. The van der Waals surface area contributed by atoms with E-state index < -0.39 is 0 Å². The highest BCUT2D eigenvalue weighted by atomic mass is 15.1. The Morgan fingerprint density at radius 1 is 1.31 bits per heavy atom. The molecule has 64 valence electrons. The van der Waals surface area contributed by atoms with Gasteiger partial charge in [-0.15, -0.1) is 0 Å². The highest BCUT2D eigenvalue weighted by molar-refractivity contribution is 5.81. The summed E-state index contributed by atoms with van der Waals surface area (Å²) >= 11 is 0. The molecule has 0 amide bonds. The van der Waals surface area contributed by atoms with Crippen molar-refractivity contribution in [1.82, 2.24) is 9.55 Å². The van der Waals surface area contributed by atoms with Crippen LogP contribution in [0.15, 0.2) is 30.3 Å². The monoisotopic (exact) mass is 170 g/mol. The summed E-state index contributed by atoms with van der Waals surface area (Å²) in [6, 6.07) is 8.27. The normalized spacial score (nSPS) is 14.7. The first-order valence-electron chi connectivity index (χ1n) is 4.50. The average molecular weight is 170 g/mol. The lowest BCUT2D eigenvalue weighted by Crippen LogP contribution is -1.91. The molecule has 1 aliphatic heterocycles. The van der Waals surface area contributed by atoms with Crippen LogP contribution in [-0.2, 0) is 6.42 Å². The van der Waals surface area contributed by atoms with Gasteiger partial charge in [0.05, 0.1) is 11.0 Å². The van der Waals surface area contributed by atoms with Gasteiger partial charge in [0.1, 0.15) is 5.82 Å². The fourth-order valence-corrected chi connectivity index (χ4v) is 1.94. The maximum Gasteiger partial charge on any atom is 0.118 e. The zero-order valence-electron chi connectivity index (χ0n) is 7.49. The molecular formula is C11H10N2. The van der Waals surface area contributed by atoms with Gasteiger partial charge < -0.3 is 4.57 Å². The number of hydrogen-bond donors (Lipinski definition) is 0. The van der Waals surface area contributed by atoms with Crippen molar-refractivity contribution in [2.75, 3.05) is 0 Å². The summed E-state index contributed by atoms with van der Waals surface area (Å²) in [5.41, 5.74) is 3.62. The standard InChI is InChI=1S/C11H10N2/c1-8-6-7-11-12-9-4-2-3-5-10(9)13(8)11/h2-6H,7H2,1H3. The molecule has 0 atom stereocenters. The second-order valence-corrected chi connectivity index (χ2v) is 3.40. The van der Waals surface area contributed by atoms with Crippen LogP contribution >= 0.6 is 0 Å². The first-order valence-corrected chi connectivity index (χ1v) is 4.50. The van der Waals surface area contributed by atoms with Crippen LogP contribution < -0.4 is 0 Å². The lowest BCUT2D eigenvalue weighted by Gasteiger charge is -2.00. The van der Waals surface area contributed by atoms with Gasteiger partial charge in [-0.25, -0.2) is 4.98 Å². The van der Waals surface area contributed by atoms with E-state index in [1.54, 1.807) is 0 Å². The SMILES string of the molecule is CC1=CCc2nc3ccccc3n21. The van der Waals surface area contributed by atoms with E-state index in [9.17, 15) is 0 Å². The van der Waals surface area contributed by atoms with E-state index in [-0.39, 0.29) is 0 Å². The smallest absolute Gasteiger partial charge is 0.118 e. The summed E-state index contributed by atoms with van der Waals surface area (Å²) < 4.78 is 2.23. The van der Waals surface area contributed by atoms with Gasteiger partial charge in [-0.2, -0.15) is 0 Å². The number of allylic oxidation sites excluding steroid dienone is 2. The molecule has 1 aromatic heterocycles. The number of imidazole rings is 1. The van der Waals surface area contributed by atoms with Crippen molar-refractivity contribution in [3.8, 4) is 0 Å². The molecule has 0 saturated carbocycles. The van der Waals surface area contributed by atoms with Crippen molar-refractivity contribution < 1.29 is 0 Å². The van der Waals surface area contributed by atoms with Crippen molar-refractivity contribution in [1.29, 1.82) is 0 Å². The van der Waals surface area contributed by atoms with Crippen LogP contribution in [0.3, 0.4) is 0 Å². The minimum Gasteiger partial charge on any atom is -0.300 e. The first kappa shape index (κ1) is 6.89. The topological polar surface area (TPSA) is 17.8 Å². The van der Waals surface area contributed by atoms with Crippen LogP contribution in [0.2, 0.25) is 0 Å². The molecule has 0 fully saturated rings. The molecule has 2 nitrogen and oxygen atoms in total. The van der Waals surface area contributed by atoms with Crippen molar-refractivity contribution in [3.05, 3.63) is 36.2 Å². The van der Waals surface area contributed by atoms with Crippen molar-refractivity contribution in [2.24, 2.45) is 0 Å². The van der Waals surface area contributed by atoms with Crippen LogP contribution in [0.25, 0.3) is 16.7 Å². The second kappa shape index (κ2) is 2.22. The van der Waals surface area contributed by atoms with Crippen molar-refractivity contribution in [2.45, 2.75) is 13.3 Å². The summed E-state index contributed by atoms with van der Waals surface area (Å²) in [6.45, 7) is 2.13. The third-order valence-corrected chi connectivity index (χ3v) is 2.56. The van der Waals surface area contributed by atoms with E-state index in [0.717, 1.165) is 11.9 Å². The van der Waals surface area contributed by atoms with Gasteiger partial charge in [-0.05, 0) is 19.1 Å². The Morgan fingerprint density at radius 3 is 3.08 bits per heavy atom. The third kappa shape index (κ3) is 0.800. The molecule has 0 N–H and O–H groups in total. The zero-order chi connectivity index (χ0) is 8.84. The number of nitrogens with zero attached hydrogens (tertiary/aromatic N) is 2. The molecule has 2 heteroatoms. The van der Waals surface area contributed by atoms with Crippen molar-refractivity contribution >= 4 is 16.7 Å². The molecule has 0 aliphatic carbocycles. The van der Waals surface area contributed by atoms with Crippen LogP contribution in [0, 0.1) is 0 Å². The van der Waals surface area contributed by atoms with E-state index in [1.807, 2.05) is 6.07 Å². The summed E-state index contributed by atoms with van der Waals surface area (Å²) in [6.07, 6.45) is 3.19. The lowest BCUT2D eigenvalue weighted by molar-refractivity contribution is 1.02. The number of para-hydroxylation sites is 2. The quantitative estimate of drug-likeness (QED) is 0.593. The minimum atomic E-state index is 0.973. The summed E-state index contributed by atoms with van der Waals surface area (Å²) in [7, 11) is 0. The third-order valence-electron chi connectivity index (χ3n) is 2.56. The Bertz CT molecular complexity index is 506. The van der Waals surface area contributed by atoms with Gasteiger partial charge in [0.25, 0.3) is 0 Å². The molecule has 3 rings (SSSR count). The fourth-order valence-electron chi connectivity index (χ4n) is 1.94. The Kier molecular flexibility index (Phi) is 1.18. The molecular weight excluding hydrogens is 160 g/mol. The molecule has 2 aromatic rings. The molecule has 13 heavy (non-hydrogen) atoms. The molecule has 0 saturated heterocycles. The average Bonchev–Trinajstić information content (AvgIpc) is 2.66. The van der Waals surface area contributed by atoms with Crippen LogP contribution in [0.1, 0.15) is 12.7 Å². The number of aromatic nitrogens is 2. The summed E-state index contributed by atoms with van der Waals surface area (Å²) in [5.74, 6) is 1.17. The maximum atomic E-state index is 4.55. The summed E-state index contributed by atoms with van der Waals surface area (Å²) in [5, 5.41) is 0.